The van der Waals surface area contributed by atoms with Gasteiger partial charge in [-0.05, 0) is 42.3 Å². The summed E-state index contributed by atoms with van der Waals surface area (Å²) in [6.07, 6.45) is 0.817. The van der Waals surface area contributed by atoms with Crippen LogP contribution in [0.3, 0.4) is 0 Å². The van der Waals surface area contributed by atoms with E-state index >= 15 is 0 Å². The van der Waals surface area contributed by atoms with Gasteiger partial charge in [0.25, 0.3) is 0 Å². The van der Waals surface area contributed by atoms with Gasteiger partial charge in [-0.3, -0.25) is 4.79 Å². The number of aryl methyl sites for hydroxylation is 1. The first-order valence-electron chi connectivity index (χ1n) is 10.9. The molecule has 10 heteroatoms. The molecule has 2 heterocycles. The molecule has 5 rings (SSSR count). The second-order valence-corrected chi connectivity index (χ2v) is 9.73. The van der Waals surface area contributed by atoms with Gasteiger partial charge in [0, 0.05) is 22.3 Å². The number of imidazole rings is 1. The van der Waals surface area contributed by atoms with Gasteiger partial charge in [-0.2, -0.15) is 0 Å². The number of carbonyl (C=O) groups excluding carboxylic acids is 1. The highest BCUT2D eigenvalue weighted by molar-refractivity contribution is 9.10. The van der Waals surface area contributed by atoms with Gasteiger partial charge in [-0.25, -0.2) is 4.79 Å². The summed E-state index contributed by atoms with van der Waals surface area (Å²) in [7, 11) is 0. The number of nitrogens with zero attached hydrogens (tertiary/aromatic N) is 3. The zero-order valence-corrected chi connectivity index (χ0v) is 20.9. The minimum Gasteiger partial charge on any atom is -0.325 e. The number of hydrogen-bond donors (Lipinski definition) is 3. The molecule has 0 saturated carbocycles. The van der Waals surface area contributed by atoms with Crippen molar-refractivity contribution in [2.24, 2.45) is 0 Å². The van der Waals surface area contributed by atoms with Crippen LogP contribution in [-0.2, 0) is 17.8 Å². The molecule has 0 fully saturated rings. The lowest BCUT2D eigenvalue weighted by molar-refractivity contribution is -0.113. The van der Waals surface area contributed by atoms with E-state index in [0.717, 1.165) is 22.3 Å². The Balaban J connectivity index is 1.32. The first-order chi connectivity index (χ1) is 17.0. The summed E-state index contributed by atoms with van der Waals surface area (Å²) >= 11 is 4.81. The predicted octanol–water partition coefficient (Wildman–Crippen LogP) is 4.85. The average molecular weight is 549 g/mol. The lowest BCUT2D eigenvalue weighted by atomic mass is 10.1. The van der Waals surface area contributed by atoms with Gasteiger partial charge >= 0.3 is 5.69 Å². The Hall–Kier alpha value is -3.63. The van der Waals surface area contributed by atoms with Gasteiger partial charge in [-0.1, -0.05) is 70.2 Å². The van der Waals surface area contributed by atoms with Crippen LogP contribution in [0.1, 0.15) is 5.56 Å². The van der Waals surface area contributed by atoms with Crippen LogP contribution in [0.5, 0.6) is 0 Å². The molecule has 0 unspecified atom stereocenters. The number of nitrogens with one attached hydrogen (secondary N) is 3. The Morgan fingerprint density at radius 3 is 2.54 bits per heavy atom. The monoisotopic (exact) mass is 548 g/mol. The topological polar surface area (TPSA) is 108 Å². The zero-order chi connectivity index (χ0) is 24.2. The van der Waals surface area contributed by atoms with Crippen molar-refractivity contribution in [1.29, 1.82) is 0 Å². The number of carbonyl (C=O) groups is 1. The maximum absolute atomic E-state index is 12.7. The summed E-state index contributed by atoms with van der Waals surface area (Å²) < 4.78 is 3.05. The van der Waals surface area contributed by atoms with Crippen LogP contribution in [0.25, 0.3) is 22.4 Å². The molecule has 0 saturated heterocycles. The van der Waals surface area contributed by atoms with Gasteiger partial charge in [0.1, 0.15) is 0 Å². The molecule has 176 valence electrons. The molecule has 8 nitrogen and oxygen atoms in total. The summed E-state index contributed by atoms with van der Waals surface area (Å²) in [5.74, 6) is 0.763. The molecule has 0 bridgehead atoms. The van der Waals surface area contributed by atoms with Crippen molar-refractivity contribution in [3.05, 3.63) is 93.3 Å². The Morgan fingerprint density at radius 2 is 1.74 bits per heavy atom. The van der Waals surface area contributed by atoms with Crippen molar-refractivity contribution in [3.63, 3.8) is 0 Å². The summed E-state index contributed by atoms with van der Waals surface area (Å²) in [5, 5.41) is 12.4. The fourth-order valence-electron chi connectivity index (χ4n) is 3.73. The van der Waals surface area contributed by atoms with Crippen LogP contribution in [-0.4, -0.2) is 36.4 Å². The summed E-state index contributed by atoms with van der Waals surface area (Å²) in [6, 6.07) is 23.4. The third kappa shape index (κ3) is 5.55. The molecule has 3 aromatic carbocycles. The minimum atomic E-state index is -0.282. The van der Waals surface area contributed by atoms with Crippen molar-refractivity contribution in [2.45, 2.75) is 18.1 Å². The molecule has 0 aliphatic heterocycles. The zero-order valence-electron chi connectivity index (χ0n) is 18.5. The number of thioether (sulfide) groups is 1. The molecule has 0 atom stereocenters. The number of aromatic amines is 2. The van der Waals surface area contributed by atoms with Crippen LogP contribution in [0.2, 0.25) is 0 Å². The van der Waals surface area contributed by atoms with Crippen molar-refractivity contribution in [2.75, 3.05) is 11.1 Å². The summed E-state index contributed by atoms with van der Waals surface area (Å²) in [4.78, 5) is 29.5. The van der Waals surface area contributed by atoms with E-state index in [1.165, 1.54) is 17.3 Å². The second kappa shape index (κ2) is 10.3. The number of H-pyrrole nitrogens is 2. The average Bonchev–Trinajstić information content (AvgIpc) is 3.44. The molecule has 2 aromatic heterocycles. The summed E-state index contributed by atoms with van der Waals surface area (Å²) in [5.41, 5.74) is 3.83. The highest BCUT2D eigenvalue weighted by Crippen LogP contribution is 2.26. The van der Waals surface area contributed by atoms with E-state index in [0.29, 0.717) is 28.4 Å². The Labute approximate surface area is 213 Å². The van der Waals surface area contributed by atoms with Crippen molar-refractivity contribution >= 4 is 50.3 Å². The Kier molecular flexibility index (Phi) is 6.82. The van der Waals surface area contributed by atoms with E-state index in [1.54, 1.807) is 18.2 Å². The van der Waals surface area contributed by atoms with E-state index in [1.807, 2.05) is 42.5 Å². The quantitative estimate of drug-likeness (QED) is 0.240. The normalized spacial score (nSPS) is 11.1. The lowest BCUT2D eigenvalue weighted by Crippen LogP contribution is -2.15. The van der Waals surface area contributed by atoms with Crippen LogP contribution >= 0.6 is 27.7 Å². The van der Waals surface area contributed by atoms with Gasteiger partial charge in [0.2, 0.25) is 5.91 Å². The Bertz CT molecular complexity index is 1530. The van der Waals surface area contributed by atoms with Crippen molar-refractivity contribution in [1.82, 2.24) is 24.7 Å². The van der Waals surface area contributed by atoms with E-state index in [2.05, 4.69) is 58.1 Å². The number of anilines is 1. The maximum atomic E-state index is 12.7. The number of amides is 1. The first-order valence-corrected chi connectivity index (χ1v) is 12.7. The number of rotatable bonds is 8. The van der Waals surface area contributed by atoms with Crippen molar-refractivity contribution in [3.8, 4) is 11.4 Å². The fourth-order valence-corrected chi connectivity index (χ4v) is 4.76. The highest BCUT2D eigenvalue weighted by Gasteiger charge is 2.16. The molecule has 0 aliphatic rings. The predicted molar refractivity (Wildman–Crippen MR) is 142 cm³/mol. The van der Waals surface area contributed by atoms with E-state index in [9.17, 15) is 9.59 Å². The molecule has 0 spiro atoms. The van der Waals surface area contributed by atoms with E-state index in [4.69, 9.17) is 0 Å². The number of hydrogen-bond acceptors (Lipinski definition) is 5. The number of aromatic nitrogens is 5. The molecule has 3 N–H and O–H groups in total. The number of halogens is 1. The van der Waals surface area contributed by atoms with Gasteiger partial charge in [-0.15, -0.1) is 10.2 Å². The van der Waals surface area contributed by atoms with Gasteiger partial charge in [0.05, 0.1) is 16.8 Å². The fraction of sp³-hybridized carbons (Fsp3) is 0.120. The SMILES string of the molecule is O=C(CSc1nnc(-c2ccc(Br)cc2)n1CCc1ccccc1)Nc1ccc2[nH]c(=O)[nH]c2c1. The highest BCUT2D eigenvalue weighted by atomic mass is 79.9. The van der Waals surface area contributed by atoms with Crippen molar-refractivity contribution < 1.29 is 4.79 Å². The second-order valence-electron chi connectivity index (χ2n) is 7.88. The smallest absolute Gasteiger partial charge is 0.323 e. The first kappa shape index (κ1) is 23.1. The van der Waals surface area contributed by atoms with Gasteiger partial charge in [0.15, 0.2) is 11.0 Å². The Morgan fingerprint density at radius 1 is 0.971 bits per heavy atom. The van der Waals surface area contributed by atoms with Crippen LogP contribution in [0.15, 0.2) is 87.2 Å². The van der Waals surface area contributed by atoms with E-state index < -0.39 is 0 Å². The molecular formula is C25H21BrN6O2S. The third-order valence-corrected chi connectivity index (χ3v) is 6.91. The maximum Gasteiger partial charge on any atom is 0.323 e. The standard InChI is InChI=1S/C25H21BrN6O2S/c26-18-8-6-17(7-9-18)23-30-31-25(32(23)13-12-16-4-2-1-3-5-16)35-15-22(33)27-19-10-11-20-21(14-19)29-24(34)28-20/h1-11,14H,12-13,15H2,(H,27,33)(H2,28,29,34). The number of benzene rings is 3. The van der Waals surface area contributed by atoms with E-state index in [-0.39, 0.29) is 17.3 Å². The molecule has 0 radical (unpaired) electrons. The largest absolute Gasteiger partial charge is 0.325 e. The minimum absolute atomic E-state index is 0.171. The molecule has 0 aliphatic carbocycles. The molecular weight excluding hydrogens is 528 g/mol. The molecule has 5 aromatic rings. The number of fused-ring (bicyclic) bond motifs is 1. The lowest BCUT2D eigenvalue weighted by Gasteiger charge is -2.11. The molecule has 1 amide bonds. The third-order valence-electron chi connectivity index (χ3n) is 5.42. The van der Waals surface area contributed by atoms with Crippen LogP contribution in [0, 0.1) is 0 Å². The van der Waals surface area contributed by atoms with Crippen LogP contribution < -0.4 is 11.0 Å². The summed E-state index contributed by atoms with van der Waals surface area (Å²) in [6.45, 7) is 0.684. The van der Waals surface area contributed by atoms with Gasteiger partial charge < -0.3 is 19.9 Å². The van der Waals surface area contributed by atoms with Crippen LogP contribution in [0.4, 0.5) is 5.69 Å². The molecule has 35 heavy (non-hydrogen) atoms.